The first kappa shape index (κ1) is 14.5. The molecule has 0 fully saturated rings. The second-order valence-corrected chi connectivity index (χ2v) is 6.83. The van der Waals surface area contributed by atoms with Gasteiger partial charge in [0.1, 0.15) is 0 Å². The average Bonchev–Trinajstić information content (AvgIpc) is 2.40. The van der Waals surface area contributed by atoms with Crippen LogP contribution < -0.4 is 5.56 Å². The van der Waals surface area contributed by atoms with E-state index in [1.54, 1.807) is 31.4 Å². The van der Waals surface area contributed by atoms with Crippen molar-refractivity contribution in [2.24, 2.45) is 7.05 Å². The Morgan fingerprint density at radius 2 is 1.85 bits per heavy atom. The van der Waals surface area contributed by atoms with Crippen LogP contribution in [0.5, 0.6) is 0 Å². The van der Waals surface area contributed by atoms with Crippen molar-refractivity contribution in [1.82, 2.24) is 4.57 Å². The number of benzene rings is 1. The summed E-state index contributed by atoms with van der Waals surface area (Å²) in [5, 5.41) is 0. The Bertz CT molecular complexity index is 804. The number of rotatable bonds is 3. The van der Waals surface area contributed by atoms with Gasteiger partial charge in [0, 0.05) is 25.6 Å². The molecule has 0 amide bonds. The fourth-order valence-electron chi connectivity index (χ4n) is 2.12. The van der Waals surface area contributed by atoms with E-state index in [0.29, 0.717) is 4.90 Å². The largest absolute Gasteiger partial charge is 0.318 e. The van der Waals surface area contributed by atoms with Gasteiger partial charge in [0.05, 0.1) is 4.90 Å². The zero-order valence-electron chi connectivity index (χ0n) is 11.8. The van der Waals surface area contributed by atoms with Crippen LogP contribution in [0, 0.1) is 0 Å². The first-order chi connectivity index (χ1) is 9.32. The lowest BCUT2D eigenvalue weighted by Crippen LogP contribution is -2.14. The van der Waals surface area contributed by atoms with Crippen LogP contribution in [-0.4, -0.2) is 19.2 Å². The molecule has 0 saturated carbocycles. The van der Waals surface area contributed by atoms with Crippen molar-refractivity contribution in [2.75, 3.05) is 6.26 Å². The fourth-order valence-corrected chi connectivity index (χ4v) is 2.76. The van der Waals surface area contributed by atoms with E-state index in [1.807, 2.05) is 13.0 Å². The molecule has 20 heavy (non-hydrogen) atoms. The highest BCUT2D eigenvalue weighted by atomic mass is 32.2. The van der Waals surface area contributed by atoms with Crippen molar-refractivity contribution < 1.29 is 8.42 Å². The van der Waals surface area contributed by atoms with Crippen molar-refractivity contribution in [3.8, 4) is 11.1 Å². The van der Waals surface area contributed by atoms with Crippen LogP contribution in [0.4, 0.5) is 0 Å². The maximum Gasteiger partial charge on any atom is 0.250 e. The van der Waals surface area contributed by atoms with Gasteiger partial charge in [-0.05, 0) is 41.3 Å². The first-order valence-corrected chi connectivity index (χ1v) is 8.22. The Hall–Kier alpha value is -1.88. The summed E-state index contributed by atoms with van der Waals surface area (Å²) in [6.07, 6.45) is 3.71. The van der Waals surface area contributed by atoms with E-state index in [-0.39, 0.29) is 5.56 Å². The molecular formula is C15H17NO3S. The minimum absolute atomic E-state index is 0.0916. The smallest absolute Gasteiger partial charge is 0.250 e. The number of pyridine rings is 1. The lowest BCUT2D eigenvalue weighted by molar-refractivity contribution is 0.602. The summed E-state index contributed by atoms with van der Waals surface area (Å²) in [6.45, 7) is 2.01. The van der Waals surface area contributed by atoms with Gasteiger partial charge in [-0.2, -0.15) is 0 Å². The Morgan fingerprint density at radius 1 is 1.15 bits per heavy atom. The summed E-state index contributed by atoms with van der Waals surface area (Å²) in [4.78, 5) is 11.7. The molecule has 0 bridgehead atoms. The van der Waals surface area contributed by atoms with Gasteiger partial charge in [-0.3, -0.25) is 4.79 Å². The summed E-state index contributed by atoms with van der Waals surface area (Å²) in [6, 6.07) is 8.34. The maximum atomic E-state index is 11.7. The summed E-state index contributed by atoms with van der Waals surface area (Å²) in [7, 11) is -1.57. The van der Waals surface area contributed by atoms with Crippen LogP contribution in [0.3, 0.4) is 0 Å². The minimum atomic E-state index is -3.25. The lowest BCUT2D eigenvalue weighted by atomic mass is 9.99. The van der Waals surface area contributed by atoms with E-state index in [1.165, 1.54) is 16.9 Å². The normalized spacial score (nSPS) is 11.6. The third kappa shape index (κ3) is 2.82. The Kier molecular flexibility index (Phi) is 3.81. The van der Waals surface area contributed by atoms with Crippen LogP contribution in [0.25, 0.3) is 11.1 Å². The van der Waals surface area contributed by atoms with Gasteiger partial charge in [0.15, 0.2) is 9.84 Å². The van der Waals surface area contributed by atoms with Gasteiger partial charge >= 0.3 is 0 Å². The predicted molar refractivity (Wildman–Crippen MR) is 79.6 cm³/mol. The molecule has 0 aliphatic heterocycles. The monoisotopic (exact) mass is 291 g/mol. The molecule has 0 aliphatic rings. The van der Waals surface area contributed by atoms with Gasteiger partial charge in [-0.15, -0.1) is 0 Å². The van der Waals surface area contributed by atoms with Crippen LogP contribution >= 0.6 is 0 Å². The highest BCUT2D eigenvalue weighted by Crippen LogP contribution is 2.26. The van der Waals surface area contributed by atoms with Crippen LogP contribution in [0.1, 0.15) is 12.5 Å². The number of sulfone groups is 1. The highest BCUT2D eigenvalue weighted by Gasteiger charge is 2.12. The molecule has 1 aromatic carbocycles. The van der Waals surface area contributed by atoms with E-state index >= 15 is 0 Å². The number of aromatic nitrogens is 1. The number of hydrogen-bond acceptors (Lipinski definition) is 3. The molecular weight excluding hydrogens is 274 g/mol. The standard InChI is InChI=1S/C15H17NO3S/c1-4-11-5-7-13(20(3,18)19)9-14(11)12-6-8-15(17)16(2)10-12/h5-10H,4H2,1-3H3. The zero-order valence-corrected chi connectivity index (χ0v) is 12.6. The molecule has 1 aromatic heterocycles. The van der Waals surface area contributed by atoms with Crippen LogP contribution in [0.2, 0.25) is 0 Å². The number of nitrogens with zero attached hydrogens (tertiary/aromatic N) is 1. The van der Waals surface area contributed by atoms with Crippen LogP contribution in [-0.2, 0) is 23.3 Å². The summed E-state index contributed by atoms with van der Waals surface area (Å²) >= 11 is 0. The first-order valence-electron chi connectivity index (χ1n) is 6.33. The predicted octanol–water partition coefficient (Wildman–Crippen LogP) is 2.02. The molecule has 0 atom stereocenters. The lowest BCUT2D eigenvalue weighted by Gasteiger charge is -2.11. The average molecular weight is 291 g/mol. The van der Waals surface area contributed by atoms with Gasteiger partial charge in [-0.25, -0.2) is 8.42 Å². The Morgan fingerprint density at radius 3 is 2.40 bits per heavy atom. The molecule has 1 heterocycles. The minimum Gasteiger partial charge on any atom is -0.318 e. The summed E-state index contributed by atoms with van der Waals surface area (Å²) in [5.74, 6) is 0. The molecule has 0 spiro atoms. The molecule has 106 valence electrons. The van der Waals surface area contributed by atoms with Crippen molar-refractivity contribution in [3.63, 3.8) is 0 Å². The SMILES string of the molecule is CCc1ccc(S(C)(=O)=O)cc1-c1ccc(=O)n(C)c1. The van der Waals surface area contributed by atoms with E-state index in [2.05, 4.69) is 0 Å². The third-order valence-corrected chi connectivity index (χ3v) is 4.40. The zero-order chi connectivity index (χ0) is 14.9. The Balaban J connectivity index is 2.70. The van der Waals surface area contributed by atoms with E-state index < -0.39 is 9.84 Å². The molecule has 4 nitrogen and oxygen atoms in total. The second-order valence-electron chi connectivity index (χ2n) is 4.81. The molecule has 0 unspecified atom stereocenters. The van der Waals surface area contributed by atoms with Crippen molar-refractivity contribution in [3.05, 3.63) is 52.4 Å². The third-order valence-electron chi connectivity index (χ3n) is 3.29. The molecule has 0 radical (unpaired) electrons. The van der Waals surface area contributed by atoms with Gasteiger partial charge in [0.25, 0.3) is 0 Å². The molecule has 0 aliphatic carbocycles. The number of hydrogen-bond donors (Lipinski definition) is 0. The van der Waals surface area contributed by atoms with Gasteiger partial charge in [-0.1, -0.05) is 13.0 Å². The second kappa shape index (κ2) is 5.25. The number of aryl methyl sites for hydroxylation is 2. The topological polar surface area (TPSA) is 56.1 Å². The maximum absolute atomic E-state index is 11.7. The Labute approximate surface area is 118 Å². The molecule has 0 saturated heterocycles. The van der Waals surface area contributed by atoms with Gasteiger partial charge in [0.2, 0.25) is 5.56 Å². The molecule has 0 N–H and O–H groups in total. The molecule has 5 heteroatoms. The molecule has 2 rings (SSSR count). The van der Waals surface area contributed by atoms with E-state index in [4.69, 9.17) is 0 Å². The highest BCUT2D eigenvalue weighted by molar-refractivity contribution is 7.90. The summed E-state index contributed by atoms with van der Waals surface area (Å²) in [5.41, 5.74) is 2.66. The van der Waals surface area contributed by atoms with Crippen molar-refractivity contribution >= 4 is 9.84 Å². The summed E-state index contributed by atoms with van der Waals surface area (Å²) < 4.78 is 24.9. The fraction of sp³-hybridized carbons (Fsp3) is 0.267. The van der Waals surface area contributed by atoms with Gasteiger partial charge < -0.3 is 4.57 Å². The molecule has 2 aromatic rings. The van der Waals surface area contributed by atoms with Crippen molar-refractivity contribution in [1.29, 1.82) is 0 Å². The van der Waals surface area contributed by atoms with E-state index in [0.717, 1.165) is 23.1 Å². The quantitative estimate of drug-likeness (QED) is 0.869. The van der Waals surface area contributed by atoms with E-state index in [9.17, 15) is 13.2 Å². The van der Waals surface area contributed by atoms with Crippen LogP contribution in [0.15, 0.2) is 46.2 Å². The van der Waals surface area contributed by atoms with Crippen molar-refractivity contribution in [2.45, 2.75) is 18.2 Å².